The van der Waals surface area contributed by atoms with Gasteiger partial charge in [-0.25, -0.2) is 9.97 Å². The number of ether oxygens (including phenoxy) is 2. The Hall–Kier alpha value is -2.14. The summed E-state index contributed by atoms with van der Waals surface area (Å²) in [6.45, 7) is 4.28. The molecule has 0 saturated heterocycles. The number of hydrogen-bond acceptors (Lipinski definition) is 5. The van der Waals surface area contributed by atoms with Crippen molar-refractivity contribution in [2.45, 2.75) is 19.4 Å². The van der Waals surface area contributed by atoms with Gasteiger partial charge in [-0.2, -0.15) is 0 Å². The molecule has 0 radical (unpaired) electrons. The number of benzene rings is 1. The molecule has 0 saturated carbocycles. The Labute approximate surface area is 124 Å². The van der Waals surface area contributed by atoms with E-state index in [1.54, 1.807) is 6.33 Å². The lowest BCUT2D eigenvalue weighted by molar-refractivity contribution is 0.171. The zero-order valence-corrected chi connectivity index (χ0v) is 12.1. The third-order valence-electron chi connectivity index (χ3n) is 3.41. The molecule has 1 aromatic carbocycles. The van der Waals surface area contributed by atoms with Crippen LogP contribution in [0.15, 0.2) is 36.9 Å². The maximum Gasteiger partial charge on any atom is 0.161 e. The van der Waals surface area contributed by atoms with Crippen LogP contribution in [0, 0.1) is 0 Å². The van der Waals surface area contributed by atoms with Gasteiger partial charge < -0.3 is 14.8 Å². The van der Waals surface area contributed by atoms with E-state index in [2.05, 4.69) is 28.3 Å². The van der Waals surface area contributed by atoms with Crippen LogP contribution in [0.3, 0.4) is 0 Å². The standard InChI is InChI=1S/C16H19N3O2/c1-2-5-19-16(13-9-17-11-18-10-13)12-3-4-14-15(8-12)21-7-6-20-14/h3-4,8-11,16,19H,2,5-7H2,1H3. The molecule has 0 bridgehead atoms. The smallest absolute Gasteiger partial charge is 0.161 e. The minimum absolute atomic E-state index is 0.0574. The molecule has 1 unspecified atom stereocenters. The summed E-state index contributed by atoms with van der Waals surface area (Å²) < 4.78 is 11.2. The van der Waals surface area contributed by atoms with Crippen molar-refractivity contribution in [1.29, 1.82) is 0 Å². The molecular weight excluding hydrogens is 266 g/mol. The van der Waals surface area contributed by atoms with Crippen LogP contribution in [0.2, 0.25) is 0 Å². The molecule has 1 atom stereocenters. The minimum Gasteiger partial charge on any atom is -0.486 e. The van der Waals surface area contributed by atoms with Crippen LogP contribution >= 0.6 is 0 Å². The fourth-order valence-corrected chi connectivity index (χ4v) is 2.42. The topological polar surface area (TPSA) is 56.3 Å². The largest absolute Gasteiger partial charge is 0.486 e. The van der Waals surface area contributed by atoms with Crippen LogP contribution in [-0.2, 0) is 0 Å². The molecule has 3 rings (SSSR count). The molecule has 0 amide bonds. The zero-order chi connectivity index (χ0) is 14.5. The highest BCUT2D eigenvalue weighted by Crippen LogP contribution is 2.34. The molecule has 5 nitrogen and oxygen atoms in total. The van der Waals surface area contributed by atoms with Gasteiger partial charge in [0.25, 0.3) is 0 Å². The molecule has 0 fully saturated rings. The zero-order valence-electron chi connectivity index (χ0n) is 12.1. The van der Waals surface area contributed by atoms with Crippen molar-refractivity contribution in [3.05, 3.63) is 48.0 Å². The Balaban J connectivity index is 1.92. The summed E-state index contributed by atoms with van der Waals surface area (Å²) in [4.78, 5) is 8.24. The Morgan fingerprint density at radius 3 is 2.62 bits per heavy atom. The molecule has 1 aliphatic heterocycles. The van der Waals surface area contributed by atoms with Crippen LogP contribution in [0.5, 0.6) is 11.5 Å². The fraction of sp³-hybridized carbons (Fsp3) is 0.375. The number of fused-ring (bicyclic) bond motifs is 1. The van der Waals surface area contributed by atoms with Gasteiger partial charge in [0.15, 0.2) is 11.5 Å². The normalized spacial score (nSPS) is 14.7. The van der Waals surface area contributed by atoms with E-state index in [-0.39, 0.29) is 6.04 Å². The number of rotatable bonds is 5. The van der Waals surface area contributed by atoms with E-state index < -0.39 is 0 Å². The second kappa shape index (κ2) is 6.54. The summed E-state index contributed by atoms with van der Waals surface area (Å²) in [7, 11) is 0. The summed E-state index contributed by atoms with van der Waals surface area (Å²) in [5, 5.41) is 3.53. The first-order valence-electron chi connectivity index (χ1n) is 7.26. The summed E-state index contributed by atoms with van der Waals surface area (Å²) in [6, 6.07) is 6.12. The molecule has 1 N–H and O–H groups in total. The average Bonchev–Trinajstić information content (AvgIpc) is 2.56. The molecule has 0 spiro atoms. The maximum absolute atomic E-state index is 5.67. The van der Waals surface area contributed by atoms with Crippen molar-refractivity contribution in [3.63, 3.8) is 0 Å². The Bertz CT molecular complexity index is 589. The van der Waals surface area contributed by atoms with Gasteiger partial charge in [-0.15, -0.1) is 0 Å². The van der Waals surface area contributed by atoms with Gasteiger partial charge in [-0.05, 0) is 30.7 Å². The summed E-state index contributed by atoms with van der Waals surface area (Å²) >= 11 is 0. The number of aromatic nitrogens is 2. The van der Waals surface area contributed by atoms with Crippen LogP contribution in [0.4, 0.5) is 0 Å². The SMILES string of the molecule is CCCNC(c1cncnc1)c1ccc2c(c1)OCCO2. The van der Waals surface area contributed by atoms with E-state index in [9.17, 15) is 0 Å². The highest BCUT2D eigenvalue weighted by atomic mass is 16.6. The van der Waals surface area contributed by atoms with Crippen molar-refractivity contribution in [2.24, 2.45) is 0 Å². The van der Waals surface area contributed by atoms with Crippen LogP contribution in [-0.4, -0.2) is 29.7 Å². The highest BCUT2D eigenvalue weighted by molar-refractivity contribution is 5.46. The van der Waals surface area contributed by atoms with Crippen molar-refractivity contribution < 1.29 is 9.47 Å². The van der Waals surface area contributed by atoms with E-state index in [1.165, 1.54) is 0 Å². The second-order valence-corrected chi connectivity index (χ2v) is 4.96. The molecule has 110 valence electrons. The first-order valence-corrected chi connectivity index (χ1v) is 7.26. The summed E-state index contributed by atoms with van der Waals surface area (Å²) in [6.07, 6.45) is 6.30. The van der Waals surface area contributed by atoms with Crippen molar-refractivity contribution in [1.82, 2.24) is 15.3 Å². The number of hydrogen-bond donors (Lipinski definition) is 1. The van der Waals surface area contributed by atoms with Crippen LogP contribution < -0.4 is 14.8 Å². The lowest BCUT2D eigenvalue weighted by atomic mass is 10.0. The van der Waals surface area contributed by atoms with Crippen LogP contribution in [0.1, 0.15) is 30.5 Å². The van der Waals surface area contributed by atoms with Gasteiger partial charge in [-0.1, -0.05) is 13.0 Å². The predicted octanol–water partition coefficient (Wildman–Crippen LogP) is 2.34. The molecule has 21 heavy (non-hydrogen) atoms. The molecular formula is C16H19N3O2. The van der Waals surface area contributed by atoms with Crippen molar-refractivity contribution in [2.75, 3.05) is 19.8 Å². The fourth-order valence-electron chi connectivity index (χ4n) is 2.42. The van der Waals surface area contributed by atoms with E-state index >= 15 is 0 Å². The molecule has 5 heteroatoms. The molecule has 2 aromatic rings. The first-order chi connectivity index (χ1) is 10.4. The van der Waals surface area contributed by atoms with Gasteiger partial charge >= 0.3 is 0 Å². The highest BCUT2D eigenvalue weighted by Gasteiger charge is 2.18. The van der Waals surface area contributed by atoms with E-state index in [0.717, 1.165) is 35.6 Å². The van der Waals surface area contributed by atoms with Gasteiger partial charge in [-0.3, -0.25) is 0 Å². The second-order valence-electron chi connectivity index (χ2n) is 4.96. The molecule has 1 aromatic heterocycles. The van der Waals surface area contributed by atoms with E-state index in [0.29, 0.717) is 13.2 Å². The Morgan fingerprint density at radius 1 is 1.10 bits per heavy atom. The lowest BCUT2D eigenvalue weighted by Crippen LogP contribution is -2.24. The third kappa shape index (κ3) is 3.13. The minimum atomic E-state index is 0.0574. The number of nitrogens with zero attached hydrogens (tertiary/aromatic N) is 2. The Morgan fingerprint density at radius 2 is 1.86 bits per heavy atom. The molecule has 1 aliphatic rings. The summed E-state index contributed by atoms with van der Waals surface area (Å²) in [5.41, 5.74) is 2.17. The van der Waals surface area contributed by atoms with E-state index in [1.807, 2.05) is 24.5 Å². The van der Waals surface area contributed by atoms with Crippen molar-refractivity contribution >= 4 is 0 Å². The van der Waals surface area contributed by atoms with E-state index in [4.69, 9.17) is 9.47 Å². The van der Waals surface area contributed by atoms with Crippen LogP contribution in [0.25, 0.3) is 0 Å². The molecule has 2 heterocycles. The maximum atomic E-state index is 5.67. The third-order valence-corrected chi connectivity index (χ3v) is 3.41. The lowest BCUT2D eigenvalue weighted by Gasteiger charge is -2.23. The van der Waals surface area contributed by atoms with Gasteiger partial charge in [0.05, 0.1) is 6.04 Å². The Kier molecular flexibility index (Phi) is 4.31. The predicted molar refractivity (Wildman–Crippen MR) is 79.6 cm³/mol. The number of nitrogens with one attached hydrogen (secondary N) is 1. The monoisotopic (exact) mass is 285 g/mol. The quantitative estimate of drug-likeness (QED) is 0.913. The van der Waals surface area contributed by atoms with Gasteiger partial charge in [0, 0.05) is 18.0 Å². The van der Waals surface area contributed by atoms with Gasteiger partial charge in [0.2, 0.25) is 0 Å². The first kappa shape index (κ1) is 13.8. The molecule has 0 aliphatic carbocycles. The average molecular weight is 285 g/mol. The van der Waals surface area contributed by atoms with Gasteiger partial charge in [0.1, 0.15) is 19.5 Å². The summed E-state index contributed by atoms with van der Waals surface area (Å²) in [5.74, 6) is 1.61. The van der Waals surface area contributed by atoms with Crippen molar-refractivity contribution in [3.8, 4) is 11.5 Å².